The summed E-state index contributed by atoms with van der Waals surface area (Å²) in [5.74, 6) is -0.401. The first kappa shape index (κ1) is 30.0. The monoisotopic (exact) mass is 571 g/mol. The van der Waals surface area contributed by atoms with Gasteiger partial charge in [0, 0.05) is 17.1 Å². The van der Waals surface area contributed by atoms with Gasteiger partial charge in [0.05, 0.1) is 17.7 Å². The standard InChI is InChI=1S/C29H34ClN3O5S/c1-21(28(35)31-29(2,3)4)32(19-22-11-9-10-14-26(22)30)27(34)20-33(23-15-17-24(38-5)18-16-23)39(36,37)25-12-7-6-8-13-25/h6-18,21H,19-20H2,1-5H3,(H,31,35). The first-order chi connectivity index (χ1) is 18.3. The number of hydrogen-bond donors (Lipinski definition) is 1. The Balaban J connectivity index is 2.04. The lowest BCUT2D eigenvalue weighted by molar-refractivity contribution is -0.140. The van der Waals surface area contributed by atoms with E-state index in [1.54, 1.807) is 73.7 Å². The molecule has 39 heavy (non-hydrogen) atoms. The number of carbonyl (C=O) groups is 2. The van der Waals surface area contributed by atoms with Crippen LogP contribution in [0.1, 0.15) is 33.3 Å². The molecule has 10 heteroatoms. The quantitative estimate of drug-likeness (QED) is 0.374. The number of hydrogen-bond acceptors (Lipinski definition) is 5. The molecule has 2 amide bonds. The largest absolute Gasteiger partial charge is 0.497 e. The molecular formula is C29H34ClN3O5S. The van der Waals surface area contributed by atoms with Crippen LogP contribution in [0.2, 0.25) is 5.02 Å². The molecule has 1 unspecified atom stereocenters. The second kappa shape index (κ2) is 12.5. The highest BCUT2D eigenvalue weighted by Crippen LogP contribution is 2.27. The van der Waals surface area contributed by atoms with Crippen LogP contribution in [0.3, 0.4) is 0 Å². The van der Waals surface area contributed by atoms with Gasteiger partial charge in [-0.2, -0.15) is 0 Å². The molecule has 0 heterocycles. The zero-order chi connectivity index (χ0) is 28.8. The predicted octanol–water partition coefficient (Wildman–Crippen LogP) is 4.88. The third-order valence-corrected chi connectivity index (χ3v) is 8.09. The van der Waals surface area contributed by atoms with Gasteiger partial charge in [0.1, 0.15) is 18.3 Å². The number of sulfonamides is 1. The summed E-state index contributed by atoms with van der Waals surface area (Å²) in [6.07, 6.45) is 0. The van der Waals surface area contributed by atoms with Crippen molar-refractivity contribution < 1.29 is 22.7 Å². The van der Waals surface area contributed by atoms with Crippen molar-refractivity contribution in [2.45, 2.75) is 50.7 Å². The molecule has 3 rings (SSSR count). The summed E-state index contributed by atoms with van der Waals surface area (Å²) in [5, 5.41) is 3.33. The number of nitrogens with zero attached hydrogens (tertiary/aromatic N) is 2. The molecule has 0 aliphatic carbocycles. The molecule has 0 fully saturated rings. The number of amides is 2. The molecule has 1 N–H and O–H groups in total. The van der Waals surface area contributed by atoms with Gasteiger partial charge in [-0.25, -0.2) is 8.42 Å². The highest BCUT2D eigenvalue weighted by Gasteiger charge is 2.33. The van der Waals surface area contributed by atoms with E-state index in [1.165, 1.54) is 24.1 Å². The summed E-state index contributed by atoms with van der Waals surface area (Å²) < 4.78 is 33.8. The Kier molecular flexibility index (Phi) is 9.63. The third kappa shape index (κ3) is 7.74. The number of anilines is 1. The number of nitrogens with one attached hydrogen (secondary N) is 1. The second-order valence-corrected chi connectivity index (χ2v) is 12.3. The van der Waals surface area contributed by atoms with Crippen molar-refractivity contribution in [2.24, 2.45) is 0 Å². The topological polar surface area (TPSA) is 96.0 Å². The summed E-state index contributed by atoms with van der Waals surface area (Å²) in [4.78, 5) is 28.4. The molecular weight excluding hydrogens is 538 g/mol. The third-order valence-electron chi connectivity index (χ3n) is 5.93. The van der Waals surface area contributed by atoms with Gasteiger partial charge in [0.15, 0.2) is 0 Å². The van der Waals surface area contributed by atoms with Gasteiger partial charge >= 0.3 is 0 Å². The van der Waals surface area contributed by atoms with E-state index >= 15 is 0 Å². The number of halogens is 1. The van der Waals surface area contributed by atoms with Crippen LogP contribution in [0.15, 0.2) is 83.8 Å². The van der Waals surface area contributed by atoms with Gasteiger partial charge in [-0.1, -0.05) is 48.0 Å². The Morgan fingerprint density at radius 1 is 0.949 bits per heavy atom. The minimum absolute atomic E-state index is 0.0130. The van der Waals surface area contributed by atoms with E-state index in [1.807, 2.05) is 20.8 Å². The summed E-state index contributed by atoms with van der Waals surface area (Å²) in [6, 6.07) is 20.4. The maximum Gasteiger partial charge on any atom is 0.264 e. The highest BCUT2D eigenvalue weighted by atomic mass is 35.5. The predicted molar refractivity (Wildman–Crippen MR) is 153 cm³/mol. The zero-order valence-electron chi connectivity index (χ0n) is 22.7. The van der Waals surface area contributed by atoms with Gasteiger partial charge in [-0.3, -0.25) is 13.9 Å². The van der Waals surface area contributed by atoms with E-state index in [2.05, 4.69) is 5.32 Å². The highest BCUT2D eigenvalue weighted by molar-refractivity contribution is 7.92. The Hall–Kier alpha value is -3.56. The summed E-state index contributed by atoms with van der Waals surface area (Å²) in [7, 11) is -2.63. The Morgan fingerprint density at radius 3 is 2.10 bits per heavy atom. The number of methoxy groups -OCH3 is 1. The maximum absolute atomic E-state index is 13.9. The molecule has 1 atom stereocenters. The van der Waals surface area contributed by atoms with E-state index < -0.39 is 34.1 Å². The molecule has 0 spiro atoms. The minimum Gasteiger partial charge on any atom is -0.497 e. The molecule has 0 aliphatic heterocycles. The normalized spacial score (nSPS) is 12.4. The van der Waals surface area contributed by atoms with Crippen molar-refractivity contribution in [2.75, 3.05) is 18.0 Å². The first-order valence-electron chi connectivity index (χ1n) is 12.4. The second-order valence-electron chi connectivity index (χ2n) is 10.1. The summed E-state index contributed by atoms with van der Waals surface area (Å²) in [5.41, 5.74) is 0.373. The number of ether oxygens (including phenoxy) is 1. The van der Waals surface area contributed by atoms with Gasteiger partial charge in [0.2, 0.25) is 11.8 Å². The van der Waals surface area contributed by atoms with E-state index in [-0.39, 0.29) is 23.0 Å². The van der Waals surface area contributed by atoms with E-state index in [4.69, 9.17) is 16.3 Å². The number of rotatable bonds is 10. The van der Waals surface area contributed by atoms with E-state index in [0.29, 0.717) is 16.3 Å². The molecule has 208 valence electrons. The SMILES string of the molecule is COc1ccc(N(CC(=O)N(Cc2ccccc2Cl)C(C)C(=O)NC(C)(C)C)S(=O)(=O)c2ccccc2)cc1. The van der Waals surface area contributed by atoms with Crippen molar-refractivity contribution in [1.29, 1.82) is 0 Å². The molecule has 0 aromatic heterocycles. The van der Waals surface area contributed by atoms with Crippen LogP contribution in [-0.4, -0.2) is 50.4 Å². The van der Waals surface area contributed by atoms with Crippen molar-refractivity contribution in [3.63, 3.8) is 0 Å². The molecule has 0 bridgehead atoms. The molecule has 0 saturated carbocycles. The van der Waals surface area contributed by atoms with E-state index in [0.717, 1.165) is 4.31 Å². The van der Waals surface area contributed by atoms with Gasteiger partial charge in [-0.15, -0.1) is 0 Å². The average molecular weight is 572 g/mol. The van der Waals surface area contributed by atoms with Crippen LogP contribution in [0.4, 0.5) is 5.69 Å². The van der Waals surface area contributed by atoms with Crippen LogP contribution in [-0.2, 0) is 26.2 Å². The van der Waals surface area contributed by atoms with Crippen LogP contribution in [0, 0.1) is 0 Å². The molecule has 0 aliphatic rings. The van der Waals surface area contributed by atoms with Crippen LogP contribution < -0.4 is 14.4 Å². The molecule has 3 aromatic rings. The van der Waals surface area contributed by atoms with Crippen molar-refractivity contribution in [1.82, 2.24) is 10.2 Å². The lowest BCUT2D eigenvalue weighted by Gasteiger charge is -2.33. The molecule has 0 saturated heterocycles. The smallest absolute Gasteiger partial charge is 0.264 e. The Labute approximate surface area is 235 Å². The van der Waals surface area contributed by atoms with Gasteiger partial charge < -0.3 is 15.0 Å². The first-order valence-corrected chi connectivity index (χ1v) is 14.2. The van der Waals surface area contributed by atoms with E-state index in [9.17, 15) is 18.0 Å². The zero-order valence-corrected chi connectivity index (χ0v) is 24.3. The maximum atomic E-state index is 13.9. The molecule has 8 nitrogen and oxygen atoms in total. The Bertz CT molecular complexity index is 1390. The average Bonchev–Trinajstić information content (AvgIpc) is 2.90. The fourth-order valence-electron chi connectivity index (χ4n) is 3.86. The van der Waals surface area contributed by atoms with Gasteiger partial charge in [-0.05, 0) is 75.7 Å². The fourth-order valence-corrected chi connectivity index (χ4v) is 5.49. The minimum atomic E-state index is -4.14. The Morgan fingerprint density at radius 2 is 1.54 bits per heavy atom. The summed E-state index contributed by atoms with van der Waals surface area (Å²) in [6.45, 7) is 6.61. The lowest BCUT2D eigenvalue weighted by Crippen LogP contribution is -2.54. The van der Waals surface area contributed by atoms with Crippen molar-refractivity contribution >= 4 is 39.1 Å². The number of benzene rings is 3. The van der Waals surface area contributed by atoms with Gasteiger partial charge in [0.25, 0.3) is 10.0 Å². The van der Waals surface area contributed by atoms with Crippen LogP contribution in [0.5, 0.6) is 5.75 Å². The number of carbonyl (C=O) groups excluding carboxylic acids is 2. The van der Waals surface area contributed by atoms with Crippen LogP contribution in [0.25, 0.3) is 0 Å². The molecule has 3 aromatic carbocycles. The van der Waals surface area contributed by atoms with Crippen molar-refractivity contribution in [3.05, 3.63) is 89.4 Å². The van der Waals surface area contributed by atoms with Crippen LogP contribution >= 0.6 is 11.6 Å². The lowest BCUT2D eigenvalue weighted by atomic mass is 10.1. The molecule has 0 radical (unpaired) electrons. The van der Waals surface area contributed by atoms with Crippen molar-refractivity contribution in [3.8, 4) is 5.75 Å². The fraction of sp³-hybridized carbons (Fsp3) is 0.310. The summed E-state index contributed by atoms with van der Waals surface area (Å²) >= 11 is 6.39.